The van der Waals surface area contributed by atoms with Crippen LogP contribution in [-0.4, -0.2) is 34.2 Å². The first-order chi connectivity index (χ1) is 8.66. The Bertz CT molecular complexity index is 455. The van der Waals surface area contributed by atoms with E-state index >= 15 is 0 Å². The summed E-state index contributed by atoms with van der Waals surface area (Å²) in [7, 11) is -1.20. The molecule has 98 valence electrons. The van der Waals surface area contributed by atoms with Crippen LogP contribution in [0.4, 0.5) is 4.39 Å². The van der Waals surface area contributed by atoms with E-state index in [-0.39, 0.29) is 22.3 Å². The van der Waals surface area contributed by atoms with Crippen molar-refractivity contribution in [2.24, 2.45) is 0 Å². The maximum absolute atomic E-state index is 13.0. The van der Waals surface area contributed by atoms with Gasteiger partial charge < -0.3 is 4.74 Å². The highest BCUT2D eigenvalue weighted by Gasteiger charge is 2.22. The van der Waals surface area contributed by atoms with Crippen molar-refractivity contribution >= 4 is 16.6 Å². The molecular weight excluding hydrogens is 255 g/mol. The molecule has 1 heterocycles. The Balaban J connectivity index is 1.96. The molecule has 1 aromatic carbocycles. The van der Waals surface area contributed by atoms with Gasteiger partial charge in [0.1, 0.15) is 5.82 Å². The molecule has 3 nitrogen and oxygen atoms in total. The van der Waals surface area contributed by atoms with Crippen LogP contribution in [0, 0.1) is 5.82 Å². The smallest absolute Gasteiger partial charge is 0.175 e. The molecule has 1 atom stereocenters. The highest BCUT2D eigenvalue weighted by atomic mass is 32.2. The maximum Gasteiger partial charge on any atom is 0.175 e. The van der Waals surface area contributed by atoms with Crippen molar-refractivity contribution in [2.45, 2.75) is 18.1 Å². The molecule has 1 unspecified atom stereocenters. The molecule has 1 aliphatic heterocycles. The van der Waals surface area contributed by atoms with E-state index in [2.05, 4.69) is 0 Å². The number of halogens is 1. The number of benzene rings is 1. The Hall–Kier alpha value is -1.07. The molecule has 0 saturated carbocycles. The molecule has 1 fully saturated rings. The van der Waals surface area contributed by atoms with E-state index in [4.69, 9.17) is 4.74 Å². The Labute approximate surface area is 108 Å². The van der Waals surface area contributed by atoms with Crippen molar-refractivity contribution in [2.75, 3.05) is 19.0 Å². The Morgan fingerprint density at radius 3 is 2.78 bits per heavy atom. The van der Waals surface area contributed by atoms with Crippen LogP contribution in [0.5, 0.6) is 0 Å². The number of hydrogen-bond donors (Lipinski definition) is 0. The van der Waals surface area contributed by atoms with E-state index in [1.807, 2.05) is 0 Å². The van der Waals surface area contributed by atoms with Crippen LogP contribution in [0.3, 0.4) is 0 Å². The lowest BCUT2D eigenvalue weighted by Crippen LogP contribution is -2.28. The van der Waals surface area contributed by atoms with Gasteiger partial charge in [0.05, 0.1) is 5.75 Å². The quantitative estimate of drug-likeness (QED) is 0.785. The summed E-state index contributed by atoms with van der Waals surface area (Å²) < 4.78 is 30.2. The lowest BCUT2D eigenvalue weighted by Gasteiger charge is -2.20. The molecule has 0 radical (unpaired) electrons. The van der Waals surface area contributed by atoms with Crippen molar-refractivity contribution < 1.29 is 18.1 Å². The number of carbonyl (C=O) groups is 1. The number of ether oxygens (including phenoxy) is 1. The Kier molecular flexibility index (Phi) is 4.60. The van der Waals surface area contributed by atoms with Crippen LogP contribution < -0.4 is 0 Å². The summed E-state index contributed by atoms with van der Waals surface area (Å²) in [5.41, 5.74) is 0.287. The topological polar surface area (TPSA) is 43.4 Å². The number of carbonyl (C=O) groups excluding carboxylic acids is 1. The van der Waals surface area contributed by atoms with E-state index in [9.17, 15) is 13.4 Å². The van der Waals surface area contributed by atoms with Gasteiger partial charge in [0, 0.05) is 34.8 Å². The third kappa shape index (κ3) is 3.46. The maximum atomic E-state index is 13.0. The van der Waals surface area contributed by atoms with Crippen LogP contribution in [0.2, 0.25) is 0 Å². The van der Waals surface area contributed by atoms with Crippen molar-refractivity contribution in [3.63, 3.8) is 0 Å². The lowest BCUT2D eigenvalue weighted by atomic mass is 10.1. The van der Waals surface area contributed by atoms with Gasteiger partial charge in [-0.25, -0.2) is 4.39 Å². The SMILES string of the molecule is O=C(CS(=O)C1CCOCC1)c1cccc(F)c1. The van der Waals surface area contributed by atoms with E-state index in [1.54, 1.807) is 6.07 Å². The molecule has 1 aliphatic rings. The molecule has 0 bridgehead atoms. The van der Waals surface area contributed by atoms with E-state index < -0.39 is 16.6 Å². The van der Waals surface area contributed by atoms with Crippen molar-refractivity contribution in [3.05, 3.63) is 35.6 Å². The van der Waals surface area contributed by atoms with Gasteiger partial charge in [-0.2, -0.15) is 0 Å². The number of Topliss-reactive ketones (excluding diaryl/α,β-unsaturated/α-hetero) is 1. The summed E-state index contributed by atoms with van der Waals surface area (Å²) in [5, 5.41) is 0.0243. The summed E-state index contributed by atoms with van der Waals surface area (Å²) in [5.74, 6) is -0.745. The molecule has 0 aliphatic carbocycles. The molecule has 0 aromatic heterocycles. The number of hydrogen-bond acceptors (Lipinski definition) is 3. The predicted octanol–water partition coefficient (Wildman–Crippen LogP) is 1.94. The largest absolute Gasteiger partial charge is 0.381 e. The van der Waals surface area contributed by atoms with Crippen molar-refractivity contribution in [3.8, 4) is 0 Å². The molecular formula is C13H15FO3S. The lowest BCUT2D eigenvalue weighted by molar-refractivity contribution is 0.0980. The van der Waals surface area contributed by atoms with Gasteiger partial charge >= 0.3 is 0 Å². The van der Waals surface area contributed by atoms with Crippen LogP contribution in [0.25, 0.3) is 0 Å². The summed E-state index contributed by atoms with van der Waals surface area (Å²) in [6.45, 7) is 1.20. The van der Waals surface area contributed by atoms with E-state index in [0.29, 0.717) is 13.2 Å². The molecule has 2 rings (SSSR count). The fraction of sp³-hybridized carbons (Fsp3) is 0.462. The van der Waals surface area contributed by atoms with Crippen LogP contribution in [-0.2, 0) is 15.5 Å². The van der Waals surface area contributed by atoms with E-state index in [0.717, 1.165) is 12.8 Å². The molecule has 5 heteroatoms. The number of ketones is 1. The second kappa shape index (κ2) is 6.20. The summed E-state index contributed by atoms with van der Waals surface area (Å²) >= 11 is 0. The van der Waals surface area contributed by atoms with Gasteiger partial charge in [-0.1, -0.05) is 12.1 Å². The first-order valence-electron chi connectivity index (χ1n) is 5.90. The first kappa shape index (κ1) is 13.4. The normalized spacial score (nSPS) is 18.5. The van der Waals surface area contributed by atoms with Crippen LogP contribution >= 0.6 is 0 Å². The van der Waals surface area contributed by atoms with Gasteiger partial charge in [0.15, 0.2) is 5.78 Å². The van der Waals surface area contributed by atoms with Gasteiger partial charge in [-0.15, -0.1) is 0 Å². The zero-order valence-electron chi connectivity index (χ0n) is 9.93. The Morgan fingerprint density at radius 1 is 1.39 bits per heavy atom. The van der Waals surface area contributed by atoms with Crippen LogP contribution in [0.15, 0.2) is 24.3 Å². The molecule has 18 heavy (non-hydrogen) atoms. The van der Waals surface area contributed by atoms with Gasteiger partial charge in [-0.3, -0.25) is 9.00 Å². The Morgan fingerprint density at radius 2 is 2.11 bits per heavy atom. The highest BCUT2D eigenvalue weighted by Crippen LogP contribution is 2.15. The summed E-state index contributed by atoms with van der Waals surface area (Å²) in [6.07, 6.45) is 1.45. The third-order valence-corrected chi connectivity index (χ3v) is 4.72. The van der Waals surface area contributed by atoms with Gasteiger partial charge in [-0.05, 0) is 25.0 Å². The fourth-order valence-corrected chi connectivity index (χ4v) is 3.31. The monoisotopic (exact) mass is 270 g/mol. The molecule has 0 spiro atoms. The van der Waals surface area contributed by atoms with Crippen molar-refractivity contribution in [1.82, 2.24) is 0 Å². The molecule has 0 amide bonds. The number of rotatable bonds is 4. The third-order valence-electron chi connectivity index (χ3n) is 2.96. The van der Waals surface area contributed by atoms with Crippen LogP contribution in [0.1, 0.15) is 23.2 Å². The minimum atomic E-state index is -1.20. The average Bonchev–Trinajstić information content (AvgIpc) is 2.39. The minimum absolute atomic E-state index is 0.0243. The van der Waals surface area contributed by atoms with E-state index in [1.165, 1.54) is 18.2 Å². The summed E-state index contributed by atoms with van der Waals surface area (Å²) in [4.78, 5) is 11.9. The van der Waals surface area contributed by atoms with Gasteiger partial charge in [0.25, 0.3) is 0 Å². The highest BCUT2D eigenvalue weighted by molar-refractivity contribution is 7.86. The second-order valence-corrected chi connectivity index (χ2v) is 5.99. The molecule has 1 aromatic rings. The van der Waals surface area contributed by atoms with Gasteiger partial charge in [0.2, 0.25) is 0 Å². The zero-order valence-corrected chi connectivity index (χ0v) is 10.7. The fourth-order valence-electron chi connectivity index (χ4n) is 1.93. The zero-order chi connectivity index (χ0) is 13.0. The molecule has 0 N–H and O–H groups in total. The molecule has 1 saturated heterocycles. The predicted molar refractivity (Wildman–Crippen MR) is 67.6 cm³/mol. The van der Waals surface area contributed by atoms with Crippen molar-refractivity contribution in [1.29, 1.82) is 0 Å². The average molecular weight is 270 g/mol. The minimum Gasteiger partial charge on any atom is -0.381 e. The first-order valence-corrected chi connectivity index (χ1v) is 7.29. The summed E-state index contributed by atoms with van der Waals surface area (Å²) in [6, 6.07) is 5.50. The second-order valence-electron chi connectivity index (χ2n) is 4.27. The standard InChI is InChI=1S/C13H15FO3S/c14-11-3-1-2-10(8-11)13(15)9-18(16)12-4-6-17-7-5-12/h1-3,8,12H,4-7,9H2.